The summed E-state index contributed by atoms with van der Waals surface area (Å²) < 4.78 is 27.8. The zero-order valence-corrected chi connectivity index (χ0v) is 25.0. The van der Waals surface area contributed by atoms with Crippen LogP contribution in [0.25, 0.3) is 10.9 Å². The molecule has 2 heterocycles. The van der Waals surface area contributed by atoms with Crippen LogP contribution in [0.4, 0.5) is 8.78 Å². The Kier molecular flexibility index (Phi) is 10.4. The van der Waals surface area contributed by atoms with E-state index in [1.165, 1.54) is 6.07 Å². The smallest absolute Gasteiger partial charge is 0.289 e. The molecule has 1 saturated carbocycles. The summed E-state index contributed by atoms with van der Waals surface area (Å²) in [6.45, 7) is 0.509. The number of hydrogen-bond acceptors (Lipinski definition) is 5. The number of Topliss-reactive ketones (excluding diaryl/α,β-unsaturated/α-hetero) is 2. The normalized spacial score (nSPS) is 18.5. The van der Waals surface area contributed by atoms with Gasteiger partial charge < -0.3 is 20.9 Å². The Bertz CT molecular complexity index is 1550. The lowest BCUT2D eigenvalue weighted by Crippen LogP contribution is -2.53. The van der Waals surface area contributed by atoms with E-state index in [4.69, 9.17) is 0 Å². The van der Waals surface area contributed by atoms with Crippen LogP contribution in [0.3, 0.4) is 0 Å². The molecule has 3 amide bonds. The second-order valence-corrected chi connectivity index (χ2v) is 12.1. The average molecular weight is 621 g/mol. The average Bonchev–Trinajstić information content (AvgIpc) is 3.48. The van der Waals surface area contributed by atoms with E-state index >= 15 is 0 Å². The van der Waals surface area contributed by atoms with E-state index in [9.17, 15) is 32.8 Å². The minimum Gasteiger partial charge on any atom is -0.356 e. The molecule has 45 heavy (non-hydrogen) atoms. The minimum atomic E-state index is -1.31. The molecule has 4 N–H and O–H groups in total. The molecule has 2 aromatic carbocycles. The molecule has 238 valence electrons. The molecule has 1 aliphatic heterocycles. The number of nitrogens with one attached hydrogen (secondary N) is 4. The molecule has 3 atom stereocenters. The molecule has 0 unspecified atom stereocenters. The number of carbonyl (C=O) groups is 5. The van der Waals surface area contributed by atoms with Crippen LogP contribution >= 0.6 is 0 Å². The topological polar surface area (TPSA) is 137 Å². The highest BCUT2D eigenvalue weighted by molar-refractivity contribution is 6.38. The summed E-state index contributed by atoms with van der Waals surface area (Å²) in [5, 5.41) is 9.04. The van der Waals surface area contributed by atoms with Crippen LogP contribution in [0.2, 0.25) is 0 Å². The van der Waals surface area contributed by atoms with Gasteiger partial charge in [-0.05, 0) is 68.4 Å². The fraction of sp³-hybridized carbons (Fsp3) is 0.441. The van der Waals surface area contributed by atoms with Crippen LogP contribution in [0.5, 0.6) is 0 Å². The highest BCUT2D eigenvalue weighted by Gasteiger charge is 2.36. The largest absolute Gasteiger partial charge is 0.356 e. The molecule has 9 nitrogen and oxygen atoms in total. The number of aromatic amines is 1. The lowest BCUT2D eigenvalue weighted by Gasteiger charge is -2.28. The van der Waals surface area contributed by atoms with Gasteiger partial charge in [0.1, 0.15) is 0 Å². The molecule has 0 spiro atoms. The van der Waals surface area contributed by atoms with E-state index in [1.807, 2.05) is 24.3 Å². The minimum absolute atomic E-state index is 0.0810. The zero-order valence-electron chi connectivity index (χ0n) is 25.0. The van der Waals surface area contributed by atoms with Crippen molar-refractivity contribution in [2.24, 2.45) is 11.8 Å². The number of halogens is 2. The van der Waals surface area contributed by atoms with Crippen LogP contribution < -0.4 is 16.0 Å². The highest BCUT2D eigenvalue weighted by atomic mass is 19.2. The van der Waals surface area contributed by atoms with Gasteiger partial charge in [-0.2, -0.15) is 0 Å². The molecule has 2 fully saturated rings. The third-order valence-electron chi connectivity index (χ3n) is 8.82. The summed E-state index contributed by atoms with van der Waals surface area (Å²) in [6, 6.07) is 10.8. The van der Waals surface area contributed by atoms with Gasteiger partial charge in [0.15, 0.2) is 17.4 Å². The number of H-pyrrole nitrogens is 1. The van der Waals surface area contributed by atoms with Gasteiger partial charge >= 0.3 is 0 Å². The molecule has 1 saturated heterocycles. The quantitative estimate of drug-likeness (QED) is 0.177. The maximum absolute atomic E-state index is 14.1. The molecule has 1 aromatic heterocycles. The van der Waals surface area contributed by atoms with Crippen LogP contribution in [0.1, 0.15) is 73.8 Å². The molecule has 0 radical (unpaired) electrons. The highest BCUT2D eigenvalue weighted by Crippen LogP contribution is 2.23. The Labute approximate surface area is 259 Å². The van der Waals surface area contributed by atoms with Crippen molar-refractivity contribution in [3.8, 4) is 0 Å². The van der Waals surface area contributed by atoms with Crippen molar-refractivity contribution in [3.63, 3.8) is 0 Å². The van der Waals surface area contributed by atoms with E-state index in [1.54, 1.807) is 6.07 Å². The summed E-state index contributed by atoms with van der Waals surface area (Å²) in [4.78, 5) is 69.5. The third-order valence-corrected chi connectivity index (χ3v) is 8.82. The summed E-state index contributed by atoms with van der Waals surface area (Å²) >= 11 is 0. The Morgan fingerprint density at radius 1 is 0.911 bits per heavy atom. The summed E-state index contributed by atoms with van der Waals surface area (Å²) in [5.74, 6) is -6.86. The van der Waals surface area contributed by atoms with Gasteiger partial charge in [-0.1, -0.05) is 43.5 Å². The predicted octanol–water partition coefficient (Wildman–Crippen LogP) is 4.30. The monoisotopic (exact) mass is 620 g/mol. The maximum atomic E-state index is 14.1. The molecule has 2 aliphatic rings. The van der Waals surface area contributed by atoms with E-state index in [0.29, 0.717) is 19.4 Å². The summed E-state index contributed by atoms with van der Waals surface area (Å²) in [6.07, 6.45) is 5.12. The van der Waals surface area contributed by atoms with Gasteiger partial charge in [0.05, 0.1) is 11.7 Å². The zero-order chi connectivity index (χ0) is 31.9. The van der Waals surface area contributed by atoms with Crippen LogP contribution in [0, 0.1) is 23.5 Å². The molecule has 5 rings (SSSR count). The van der Waals surface area contributed by atoms with Crippen molar-refractivity contribution in [1.29, 1.82) is 0 Å². The maximum Gasteiger partial charge on any atom is 0.289 e. The Balaban J connectivity index is 1.38. The number of piperidine rings is 1. The standard InChI is InChI=1S/C34H38F2N4O5/c35-25-13-12-20(16-26(25)36)15-23(19-30(41)28-17-21-7-4-5-11-27(21)39-28)33(44)40-29(18-22-8-6-14-37-32(22)43)31(42)34(45)38-24-9-2-1-3-10-24/h4-5,7,11-13,16-17,22-24,29,39H,1-3,6,8-10,14-15,18-19H2,(H,37,43)(H,38,45)(H,40,44)/t22-,23+,29-/m0/s1. The fourth-order valence-corrected chi connectivity index (χ4v) is 6.29. The fourth-order valence-electron chi connectivity index (χ4n) is 6.29. The van der Waals surface area contributed by atoms with E-state index < -0.39 is 52.9 Å². The number of ketones is 2. The SMILES string of the molecule is O=C(NC1CCCCC1)C(=O)[C@H](C[C@@H]1CCCNC1=O)NC(=O)[C@@H](CC(=O)c1cc2ccccc2[nH]1)Cc1ccc(F)c(F)c1. The second kappa shape index (κ2) is 14.6. The first-order chi connectivity index (χ1) is 21.7. The second-order valence-electron chi connectivity index (χ2n) is 12.1. The number of hydrogen-bond donors (Lipinski definition) is 4. The molecule has 3 aromatic rings. The van der Waals surface area contributed by atoms with Gasteiger partial charge in [0.2, 0.25) is 17.6 Å². The van der Waals surface area contributed by atoms with Crippen molar-refractivity contribution in [2.75, 3.05) is 6.54 Å². The number of aromatic nitrogens is 1. The van der Waals surface area contributed by atoms with Crippen molar-refractivity contribution in [2.45, 2.75) is 76.3 Å². The van der Waals surface area contributed by atoms with Gasteiger partial charge in [0, 0.05) is 41.7 Å². The van der Waals surface area contributed by atoms with Gasteiger partial charge in [-0.25, -0.2) is 8.78 Å². The number of rotatable bonds is 12. The van der Waals surface area contributed by atoms with E-state index in [2.05, 4.69) is 20.9 Å². The van der Waals surface area contributed by atoms with Gasteiger partial charge in [-0.15, -0.1) is 0 Å². The first kappa shape index (κ1) is 32.0. The van der Waals surface area contributed by atoms with Crippen LogP contribution in [0.15, 0.2) is 48.5 Å². The predicted molar refractivity (Wildman–Crippen MR) is 163 cm³/mol. The van der Waals surface area contributed by atoms with Crippen molar-refractivity contribution >= 4 is 40.2 Å². The first-order valence-electron chi connectivity index (χ1n) is 15.7. The number of benzene rings is 2. The summed E-state index contributed by atoms with van der Waals surface area (Å²) in [7, 11) is 0. The lowest BCUT2D eigenvalue weighted by molar-refractivity contribution is -0.141. The third kappa shape index (κ3) is 8.20. The Hall–Kier alpha value is -4.41. The number of para-hydroxylation sites is 1. The Morgan fingerprint density at radius 2 is 1.69 bits per heavy atom. The van der Waals surface area contributed by atoms with Crippen LogP contribution in [-0.4, -0.2) is 52.9 Å². The first-order valence-corrected chi connectivity index (χ1v) is 15.7. The molecule has 11 heteroatoms. The van der Waals surface area contributed by atoms with Crippen molar-refractivity contribution in [1.82, 2.24) is 20.9 Å². The Morgan fingerprint density at radius 3 is 2.42 bits per heavy atom. The number of amides is 3. The van der Waals surface area contributed by atoms with Gasteiger partial charge in [-0.3, -0.25) is 24.0 Å². The lowest BCUT2D eigenvalue weighted by atomic mass is 9.88. The van der Waals surface area contributed by atoms with Crippen molar-refractivity contribution in [3.05, 3.63) is 71.4 Å². The summed E-state index contributed by atoms with van der Waals surface area (Å²) in [5.41, 5.74) is 1.29. The van der Waals surface area contributed by atoms with E-state index in [-0.39, 0.29) is 42.5 Å². The van der Waals surface area contributed by atoms with Crippen LogP contribution in [-0.2, 0) is 25.6 Å². The number of carbonyl (C=O) groups excluding carboxylic acids is 5. The molecule has 1 aliphatic carbocycles. The molecular formula is C34H38F2N4O5. The van der Waals surface area contributed by atoms with Gasteiger partial charge in [0.25, 0.3) is 5.91 Å². The van der Waals surface area contributed by atoms with E-state index in [0.717, 1.165) is 55.1 Å². The van der Waals surface area contributed by atoms with Crippen molar-refractivity contribution < 1.29 is 32.8 Å². The molecular weight excluding hydrogens is 582 g/mol. The number of fused-ring (bicyclic) bond motifs is 1. The molecule has 0 bridgehead atoms.